The Bertz CT molecular complexity index is 1480. The van der Waals surface area contributed by atoms with Crippen LogP contribution in [-0.2, 0) is 23.6 Å². The number of nitrogens with zero attached hydrogens (tertiary/aromatic N) is 2. The first kappa shape index (κ1) is 25.3. The summed E-state index contributed by atoms with van der Waals surface area (Å²) in [5, 5.41) is 5.49. The molecule has 1 saturated carbocycles. The number of nitrogens with one attached hydrogen (secondary N) is 2. The third-order valence-electron chi connectivity index (χ3n) is 7.71. The number of ether oxygens (including phenoxy) is 1. The fourth-order valence-corrected chi connectivity index (χ4v) is 5.60. The molecule has 0 saturated heterocycles. The van der Waals surface area contributed by atoms with Crippen LogP contribution in [0.1, 0.15) is 42.7 Å². The number of benzene rings is 2. The number of hydrogen-bond acceptors (Lipinski definition) is 6. The van der Waals surface area contributed by atoms with Crippen LogP contribution in [0.25, 0.3) is 11.1 Å². The normalized spacial score (nSPS) is 18.4. The van der Waals surface area contributed by atoms with Gasteiger partial charge in [0.25, 0.3) is 5.56 Å². The van der Waals surface area contributed by atoms with Gasteiger partial charge in [-0.3, -0.25) is 18.7 Å². The Morgan fingerprint density at radius 2 is 1.55 bits per heavy atom. The number of hydrogen-bond donors (Lipinski definition) is 3. The minimum Gasteiger partial charge on any atom is -0.449 e. The van der Waals surface area contributed by atoms with E-state index in [9.17, 15) is 19.2 Å². The van der Waals surface area contributed by atoms with Gasteiger partial charge in [-0.1, -0.05) is 61.4 Å². The smallest absolute Gasteiger partial charge is 0.407 e. The number of carbonyl (C=O) groups is 2. The Balaban J connectivity index is 1.27. The quantitative estimate of drug-likeness (QED) is 0.476. The van der Waals surface area contributed by atoms with E-state index in [1.807, 2.05) is 24.3 Å². The standard InChI is InChI=1S/C28H31N5O5/c1-32-24(29)23(26(35)33(2)28(32)37)31-25(34)20-13-7-8-14-22(20)30-27(36)38-15-21-18-11-5-3-9-16(18)17-10-4-6-12-19(17)21/h3-6,9-12,20-22H,7-8,13-15,29H2,1-2H3,(H,30,36)(H,31,34). The second kappa shape index (κ2) is 10.2. The average molecular weight is 518 g/mol. The van der Waals surface area contributed by atoms with E-state index >= 15 is 0 Å². The highest BCUT2D eigenvalue weighted by atomic mass is 16.5. The summed E-state index contributed by atoms with van der Waals surface area (Å²) in [4.78, 5) is 50.8. The lowest BCUT2D eigenvalue weighted by atomic mass is 9.84. The molecule has 2 aliphatic rings. The van der Waals surface area contributed by atoms with Crippen molar-refractivity contribution in [2.75, 3.05) is 17.7 Å². The molecular weight excluding hydrogens is 486 g/mol. The van der Waals surface area contributed by atoms with Gasteiger partial charge in [-0.25, -0.2) is 9.59 Å². The number of alkyl carbamates (subject to hydrolysis) is 1. The molecule has 1 fully saturated rings. The number of aromatic nitrogens is 2. The predicted octanol–water partition coefficient (Wildman–Crippen LogP) is 2.70. The van der Waals surface area contributed by atoms with E-state index in [1.165, 1.54) is 14.1 Å². The molecule has 0 aliphatic heterocycles. The molecule has 3 aromatic rings. The number of amides is 2. The summed E-state index contributed by atoms with van der Waals surface area (Å²) < 4.78 is 7.67. The highest BCUT2D eigenvalue weighted by Crippen LogP contribution is 2.44. The Kier molecular flexibility index (Phi) is 6.79. The van der Waals surface area contributed by atoms with Crippen LogP contribution >= 0.6 is 0 Å². The van der Waals surface area contributed by atoms with Gasteiger partial charge in [0.05, 0.1) is 5.92 Å². The Labute approximate surface area is 219 Å². The van der Waals surface area contributed by atoms with Crippen molar-refractivity contribution in [3.63, 3.8) is 0 Å². The largest absolute Gasteiger partial charge is 0.449 e. The average Bonchev–Trinajstić information content (AvgIpc) is 3.26. The van der Waals surface area contributed by atoms with Crippen LogP contribution in [0.15, 0.2) is 58.1 Å². The Hall–Kier alpha value is -4.34. The minimum absolute atomic E-state index is 0.0671. The minimum atomic E-state index is -0.684. The van der Waals surface area contributed by atoms with Crippen molar-refractivity contribution >= 4 is 23.5 Å². The van der Waals surface area contributed by atoms with Gasteiger partial charge in [0, 0.05) is 26.1 Å². The van der Waals surface area contributed by atoms with Gasteiger partial charge in [-0.2, -0.15) is 0 Å². The number of carbonyl (C=O) groups excluding carboxylic acids is 2. The number of nitrogen functional groups attached to an aromatic ring is 1. The van der Waals surface area contributed by atoms with E-state index in [0.29, 0.717) is 12.8 Å². The summed E-state index contributed by atoms with van der Waals surface area (Å²) in [6.45, 7) is 0.175. The highest BCUT2D eigenvalue weighted by Gasteiger charge is 2.34. The SMILES string of the molecule is Cn1c(N)c(NC(=O)C2CCCCC2NC(=O)OCC2c3ccccc3-c3ccccc32)c(=O)n(C)c1=O. The number of rotatable bonds is 5. The van der Waals surface area contributed by atoms with Crippen molar-refractivity contribution < 1.29 is 14.3 Å². The Morgan fingerprint density at radius 3 is 2.21 bits per heavy atom. The fraction of sp³-hybridized carbons (Fsp3) is 0.357. The highest BCUT2D eigenvalue weighted by molar-refractivity contribution is 5.95. The van der Waals surface area contributed by atoms with Gasteiger partial charge >= 0.3 is 11.8 Å². The van der Waals surface area contributed by atoms with Crippen molar-refractivity contribution in [3.8, 4) is 11.1 Å². The van der Waals surface area contributed by atoms with Gasteiger partial charge in [0.2, 0.25) is 5.91 Å². The van der Waals surface area contributed by atoms with Crippen LogP contribution in [0, 0.1) is 5.92 Å². The van der Waals surface area contributed by atoms with Gasteiger partial charge in [0.1, 0.15) is 18.1 Å². The lowest BCUT2D eigenvalue weighted by Crippen LogP contribution is -2.48. The fourth-order valence-electron chi connectivity index (χ4n) is 5.60. The molecule has 2 aliphatic carbocycles. The Morgan fingerprint density at radius 1 is 0.947 bits per heavy atom. The first-order chi connectivity index (χ1) is 18.3. The van der Waals surface area contributed by atoms with E-state index in [2.05, 4.69) is 34.9 Å². The van der Waals surface area contributed by atoms with Crippen LogP contribution in [-0.4, -0.2) is 33.8 Å². The maximum absolute atomic E-state index is 13.2. The van der Waals surface area contributed by atoms with Gasteiger partial charge in [-0.15, -0.1) is 0 Å². The molecule has 1 aromatic heterocycles. The van der Waals surface area contributed by atoms with Crippen molar-refractivity contribution in [2.45, 2.75) is 37.6 Å². The topological polar surface area (TPSA) is 137 Å². The van der Waals surface area contributed by atoms with Gasteiger partial charge < -0.3 is 21.1 Å². The first-order valence-corrected chi connectivity index (χ1v) is 12.8. The summed E-state index contributed by atoms with van der Waals surface area (Å²) in [5.41, 5.74) is 9.06. The molecule has 10 heteroatoms. The van der Waals surface area contributed by atoms with E-state index in [1.54, 1.807) is 0 Å². The molecule has 4 N–H and O–H groups in total. The number of fused-ring (bicyclic) bond motifs is 3. The van der Waals surface area contributed by atoms with Crippen molar-refractivity contribution in [2.24, 2.45) is 20.0 Å². The zero-order chi connectivity index (χ0) is 27.0. The monoisotopic (exact) mass is 517 g/mol. The van der Waals surface area contributed by atoms with E-state index < -0.39 is 35.2 Å². The summed E-state index contributed by atoms with van der Waals surface area (Å²) in [5.74, 6) is -1.20. The van der Waals surface area contributed by atoms with Crippen LogP contribution < -0.4 is 27.6 Å². The summed E-state index contributed by atoms with van der Waals surface area (Å²) in [6.07, 6.45) is 2.20. The molecule has 198 valence electrons. The second-order valence-electron chi connectivity index (χ2n) is 9.92. The zero-order valence-electron chi connectivity index (χ0n) is 21.4. The maximum Gasteiger partial charge on any atom is 0.407 e. The van der Waals surface area contributed by atoms with Crippen LogP contribution in [0.4, 0.5) is 16.3 Å². The molecule has 10 nitrogen and oxygen atoms in total. The van der Waals surface area contributed by atoms with E-state index in [4.69, 9.17) is 10.5 Å². The molecule has 0 bridgehead atoms. The second-order valence-corrected chi connectivity index (χ2v) is 9.92. The third kappa shape index (κ3) is 4.46. The van der Waals surface area contributed by atoms with Gasteiger partial charge in [-0.05, 0) is 35.1 Å². The first-order valence-electron chi connectivity index (χ1n) is 12.8. The number of anilines is 2. The molecule has 1 heterocycles. The summed E-state index contributed by atoms with van der Waals surface area (Å²) in [6, 6.07) is 15.7. The maximum atomic E-state index is 13.2. The molecule has 38 heavy (non-hydrogen) atoms. The lowest BCUT2D eigenvalue weighted by molar-refractivity contribution is -0.121. The van der Waals surface area contributed by atoms with Crippen molar-refractivity contribution in [3.05, 3.63) is 80.5 Å². The lowest BCUT2D eigenvalue weighted by Gasteiger charge is -2.31. The van der Waals surface area contributed by atoms with Crippen molar-refractivity contribution in [1.82, 2.24) is 14.5 Å². The van der Waals surface area contributed by atoms with Gasteiger partial charge in [0.15, 0.2) is 0 Å². The van der Waals surface area contributed by atoms with Crippen LogP contribution in [0.3, 0.4) is 0 Å². The third-order valence-corrected chi connectivity index (χ3v) is 7.71. The molecule has 5 rings (SSSR count). The van der Waals surface area contributed by atoms with Crippen LogP contribution in [0.2, 0.25) is 0 Å². The molecule has 2 atom stereocenters. The zero-order valence-corrected chi connectivity index (χ0v) is 21.4. The molecule has 2 amide bonds. The molecule has 0 spiro atoms. The molecule has 2 unspecified atom stereocenters. The summed E-state index contributed by atoms with van der Waals surface area (Å²) in [7, 11) is 2.75. The molecule has 0 radical (unpaired) electrons. The summed E-state index contributed by atoms with van der Waals surface area (Å²) >= 11 is 0. The van der Waals surface area contributed by atoms with E-state index in [0.717, 1.165) is 44.2 Å². The van der Waals surface area contributed by atoms with E-state index in [-0.39, 0.29) is 24.0 Å². The van der Waals surface area contributed by atoms with Crippen molar-refractivity contribution in [1.29, 1.82) is 0 Å². The predicted molar refractivity (Wildman–Crippen MR) is 144 cm³/mol. The molecular formula is C28H31N5O5. The van der Waals surface area contributed by atoms with Crippen LogP contribution in [0.5, 0.6) is 0 Å². The molecule has 2 aromatic carbocycles. The number of nitrogens with two attached hydrogens (primary N) is 1.